The number of likely N-dealkylation sites (tertiary alicyclic amines) is 1. The van der Waals surface area contributed by atoms with E-state index >= 15 is 0 Å². The van der Waals surface area contributed by atoms with Crippen molar-refractivity contribution in [2.45, 2.75) is 57.8 Å². The Kier molecular flexibility index (Phi) is 3.48. The van der Waals surface area contributed by atoms with E-state index in [9.17, 15) is 0 Å². The van der Waals surface area contributed by atoms with E-state index in [0.29, 0.717) is 6.04 Å². The monoisotopic (exact) mass is 284 g/mol. The molecule has 4 rings (SSSR count). The van der Waals surface area contributed by atoms with E-state index in [0.717, 1.165) is 30.5 Å². The van der Waals surface area contributed by atoms with Crippen molar-refractivity contribution in [2.75, 3.05) is 6.54 Å². The van der Waals surface area contributed by atoms with E-state index in [1.165, 1.54) is 43.2 Å². The Morgan fingerprint density at radius 1 is 1.24 bits per heavy atom. The molecule has 1 N–H and O–H groups in total. The Morgan fingerprint density at radius 3 is 2.86 bits per heavy atom. The molecule has 1 aromatic carbocycles. The quantitative estimate of drug-likeness (QED) is 0.908. The molecule has 1 aliphatic heterocycles. The number of hydrogen-bond donors (Lipinski definition) is 1. The van der Waals surface area contributed by atoms with E-state index in [1.54, 1.807) is 0 Å². The van der Waals surface area contributed by atoms with Gasteiger partial charge < -0.3 is 9.73 Å². The molecule has 1 saturated carbocycles. The maximum atomic E-state index is 6.13. The molecule has 0 radical (unpaired) electrons. The van der Waals surface area contributed by atoms with E-state index in [-0.39, 0.29) is 0 Å². The van der Waals surface area contributed by atoms with Crippen LogP contribution in [0.5, 0.6) is 0 Å². The summed E-state index contributed by atoms with van der Waals surface area (Å²) >= 11 is 0. The van der Waals surface area contributed by atoms with Crippen LogP contribution in [0.15, 0.2) is 28.7 Å². The molecule has 0 spiro atoms. The zero-order valence-corrected chi connectivity index (χ0v) is 12.8. The summed E-state index contributed by atoms with van der Waals surface area (Å²) < 4.78 is 6.13. The van der Waals surface area contributed by atoms with Crippen LogP contribution < -0.4 is 5.32 Å². The molecule has 3 nitrogen and oxygen atoms in total. The summed E-state index contributed by atoms with van der Waals surface area (Å²) in [5.41, 5.74) is 2.43. The Labute approximate surface area is 126 Å². The summed E-state index contributed by atoms with van der Waals surface area (Å²) in [7, 11) is 0. The molecular formula is C18H24N2O. The molecule has 0 amide bonds. The third-order valence-electron chi connectivity index (χ3n) is 4.96. The van der Waals surface area contributed by atoms with E-state index in [4.69, 9.17) is 4.42 Å². The van der Waals surface area contributed by atoms with Crippen LogP contribution in [0.2, 0.25) is 0 Å². The first-order valence-corrected chi connectivity index (χ1v) is 8.28. The average Bonchev–Trinajstić information content (AvgIpc) is 3.15. The van der Waals surface area contributed by atoms with Crippen LogP contribution in [0, 0.1) is 0 Å². The van der Waals surface area contributed by atoms with Gasteiger partial charge in [-0.1, -0.05) is 18.2 Å². The van der Waals surface area contributed by atoms with Crippen LogP contribution in [0.3, 0.4) is 0 Å². The van der Waals surface area contributed by atoms with Gasteiger partial charge in [-0.25, -0.2) is 0 Å². The first kappa shape index (κ1) is 13.4. The lowest BCUT2D eigenvalue weighted by atomic mass is 10.1. The summed E-state index contributed by atoms with van der Waals surface area (Å²) in [5.74, 6) is 1.14. The van der Waals surface area contributed by atoms with Gasteiger partial charge in [-0.2, -0.15) is 0 Å². The molecule has 2 aromatic rings. The summed E-state index contributed by atoms with van der Waals surface area (Å²) in [4.78, 5) is 2.60. The van der Waals surface area contributed by atoms with Gasteiger partial charge in [0.15, 0.2) is 0 Å². The molecule has 112 valence electrons. The molecule has 2 aliphatic rings. The normalized spacial score (nSPS) is 23.2. The first-order chi connectivity index (χ1) is 10.3. The van der Waals surface area contributed by atoms with Crippen LogP contribution in [0.25, 0.3) is 11.0 Å². The summed E-state index contributed by atoms with van der Waals surface area (Å²) in [6.45, 7) is 5.46. The van der Waals surface area contributed by atoms with Gasteiger partial charge in [-0.15, -0.1) is 0 Å². The van der Waals surface area contributed by atoms with Crippen molar-refractivity contribution in [1.82, 2.24) is 10.2 Å². The summed E-state index contributed by atoms with van der Waals surface area (Å²) in [5, 5.41) is 4.89. The highest BCUT2D eigenvalue weighted by molar-refractivity contribution is 5.82. The molecule has 1 aliphatic carbocycles. The standard InChI is InChI=1S/C18H24N2O/c1-13-5-4-10-20(13)12-16-15-6-2-3-7-17(15)21-18(16)11-19-14-8-9-14/h2-3,6-7,13-14,19H,4-5,8-12H2,1H3. The van der Waals surface area contributed by atoms with Crippen LogP contribution >= 0.6 is 0 Å². The third kappa shape index (κ3) is 2.72. The van der Waals surface area contributed by atoms with Crippen molar-refractivity contribution in [3.63, 3.8) is 0 Å². The number of nitrogens with zero attached hydrogens (tertiary/aromatic N) is 1. The predicted octanol–water partition coefficient (Wildman–Crippen LogP) is 3.67. The third-order valence-corrected chi connectivity index (χ3v) is 4.96. The number of para-hydroxylation sites is 1. The van der Waals surface area contributed by atoms with Gasteiger partial charge in [0.05, 0.1) is 6.54 Å². The van der Waals surface area contributed by atoms with Crippen molar-refractivity contribution in [1.29, 1.82) is 0 Å². The van der Waals surface area contributed by atoms with Gasteiger partial charge in [-0.3, -0.25) is 4.90 Å². The molecule has 0 bridgehead atoms. The maximum absolute atomic E-state index is 6.13. The lowest BCUT2D eigenvalue weighted by molar-refractivity contribution is 0.258. The van der Waals surface area contributed by atoms with Crippen LogP contribution in [0.4, 0.5) is 0 Å². The predicted molar refractivity (Wildman–Crippen MR) is 85.2 cm³/mol. The van der Waals surface area contributed by atoms with Gasteiger partial charge in [0.1, 0.15) is 11.3 Å². The average molecular weight is 284 g/mol. The largest absolute Gasteiger partial charge is 0.459 e. The van der Waals surface area contributed by atoms with Crippen molar-refractivity contribution in [3.05, 3.63) is 35.6 Å². The Hall–Kier alpha value is -1.32. The molecule has 21 heavy (non-hydrogen) atoms. The zero-order valence-electron chi connectivity index (χ0n) is 12.8. The van der Waals surface area contributed by atoms with Crippen LogP contribution in [0.1, 0.15) is 43.9 Å². The Balaban J connectivity index is 1.63. The number of fused-ring (bicyclic) bond motifs is 1. The molecule has 2 heterocycles. The zero-order chi connectivity index (χ0) is 14.2. The van der Waals surface area contributed by atoms with Gasteiger partial charge in [0.2, 0.25) is 0 Å². The van der Waals surface area contributed by atoms with Gasteiger partial charge in [0, 0.05) is 29.6 Å². The molecule has 1 aromatic heterocycles. The number of rotatable bonds is 5. The van der Waals surface area contributed by atoms with E-state index in [1.807, 2.05) is 0 Å². The molecular weight excluding hydrogens is 260 g/mol. The number of hydrogen-bond acceptors (Lipinski definition) is 3. The lowest BCUT2D eigenvalue weighted by Crippen LogP contribution is -2.27. The highest BCUT2D eigenvalue weighted by Gasteiger charge is 2.25. The van der Waals surface area contributed by atoms with Crippen molar-refractivity contribution < 1.29 is 4.42 Å². The lowest BCUT2D eigenvalue weighted by Gasteiger charge is -2.21. The smallest absolute Gasteiger partial charge is 0.134 e. The molecule has 2 fully saturated rings. The summed E-state index contributed by atoms with van der Waals surface area (Å²) in [6, 6.07) is 9.89. The molecule has 1 unspecified atom stereocenters. The van der Waals surface area contributed by atoms with E-state index < -0.39 is 0 Å². The van der Waals surface area contributed by atoms with E-state index in [2.05, 4.69) is 41.4 Å². The minimum Gasteiger partial charge on any atom is -0.459 e. The van der Waals surface area contributed by atoms with Crippen LogP contribution in [-0.4, -0.2) is 23.5 Å². The second-order valence-corrected chi connectivity index (χ2v) is 6.62. The molecule has 1 saturated heterocycles. The SMILES string of the molecule is CC1CCCN1Cc1c(CNC2CC2)oc2ccccc12. The topological polar surface area (TPSA) is 28.4 Å². The van der Waals surface area contributed by atoms with Crippen molar-refractivity contribution in [3.8, 4) is 0 Å². The molecule has 3 heteroatoms. The minimum atomic E-state index is 0.697. The fourth-order valence-corrected chi connectivity index (χ4v) is 3.42. The number of nitrogens with one attached hydrogen (secondary N) is 1. The Bertz CT molecular complexity index is 629. The van der Waals surface area contributed by atoms with Crippen molar-refractivity contribution in [2.24, 2.45) is 0 Å². The van der Waals surface area contributed by atoms with Gasteiger partial charge in [-0.05, 0) is 45.2 Å². The number of benzene rings is 1. The van der Waals surface area contributed by atoms with Crippen LogP contribution in [-0.2, 0) is 13.1 Å². The second kappa shape index (κ2) is 5.47. The van der Waals surface area contributed by atoms with Crippen molar-refractivity contribution >= 4 is 11.0 Å². The summed E-state index contributed by atoms with van der Waals surface area (Å²) in [6.07, 6.45) is 5.29. The fraction of sp³-hybridized carbons (Fsp3) is 0.556. The highest BCUT2D eigenvalue weighted by atomic mass is 16.3. The second-order valence-electron chi connectivity index (χ2n) is 6.62. The van der Waals surface area contributed by atoms with Gasteiger partial charge in [0.25, 0.3) is 0 Å². The Morgan fingerprint density at radius 2 is 2.10 bits per heavy atom. The number of furan rings is 1. The minimum absolute atomic E-state index is 0.697. The first-order valence-electron chi connectivity index (χ1n) is 8.28. The maximum Gasteiger partial charge on any atom is 0.134 e. The fourth-order valence-electron chi connectivity index (χ4n) is 3.42. The van der Waals surface area contributed by atoms with Gasteiger partial charge >= 0.3 is 0 Å². The molecule has 1 atom stereocenters. The highest BCUT2D eigenvalue weighted by Crippen LogP contribution is 2.30.